The largest absolute Gasteiger partial charge is 0.394 e. The first-order valence-corrected chi connectivity index (χ1v) is 14.7. The van der Waals surface area contributed by atoms with Gasteiger partial charge in [-0.3, -0.25) is 14.4 Å². The molecule has 9 heteroatoms. The number of amides is 3. The maximum absolute atomic E-state index is 14.6. The van der Waals surface area contributed by atoms with E-state index in [-0.39, 0.29) is 36.8 Å². The molecule has 4 rings (SSSR count). The Morgan fingerprint density at radius 3 is 2.45 bits per heavy atom. The summed E-state index contributed by atoms with van der Waals surface area (Å²) in [7, 11) is 0. The van der Waals surface area contributed by atoms with Crippen LogP contribution in [0, 0.1) is 17.8 Å². The Morgan fingerprint density at radius 1 is 1.20 bits per heavy atom. The minimum Gasteiger partial charge on any atom is -0.394 e. The van der Waals surface area contributed by atoms with E-state index in [2.05, 4.69) is 13.2 Å². The fourth-order valence-electron chi connectivity index (χ4n) is 7.01. The van der Waals surface area contributed by atoms with Gasteiger partial charge in [-0.05, 0) is 55.9 Å². The Balaban J connectivity index is 1.81. The number of hydrogen-bond donors (Lipinski definition) is 1. The molecular weight excluding hydrogens is 530 g/mol. The van der Waals surface area contributed by atoms with Crippen LogP contribution in [0.3, 0.4) is 0 Å². The number of fused-ring (bicyclic) bond motifs is 1. The van der Waals surface area contributed by atoms with Crippen LogP contribution in [0.5, 0.6) is 0 Å². The molecule has 3 amide bonds. The number of hydrogen-bond acceptors (Lipinski definition) is 5. The zero-order valence-electron chi connectivity index (χ0n) is 23.8. The monoisotopic (exact) mass is 571 g/mol. The van der Waals surface area contributed by atoms with Crippen LogP contribution < -0.4 is 4.90 Å². The van der Waals surface area contributed by atoms with Gasteiger partial charge in [0.05, 0.1) is 30.6 Å². The van der Waals surface area contributed by atoms with Crippen LogP contribution in [-0.2, 0) is 19.1 Å². The summed E-state index contributed by atoms with van der Waals surface area (Å²) in [4.78, 5) is 47.8. The van der Waals surface area contributed by atoms with Gasteiger partial charge in [-0.2, -0.15) is 0 Å². The Kier molecular flexibility index (Phi) is 9.43. The number of ether oxygens (including phenoxy) is 1. The molecule has 1 aromatic rings. The number of aliphatic hydroxyl groups excluding tert-OH is 1. The average molecular weight is 572 g/mol. The quantitative estimate of drug-likeness (QED) is 0.361. The fourth-order valence-corrected chi connectivity index (χ4v) is 7.14. The summed E-state index contributed by atoms with van der Waals surface area (Å²) >= 11 is 6.12. The first-order valence-electron chi connectivity index (χ1n) is 14.3. The summed E-state index contributed by atoms with van der Waals surface area (Å²) < 4.78 is 6.63. The zero-order chi connectivity index (χ0) is 29.2. The zero-order valence-corrected chi connectivity index (χ0v) is 24.6. The Hall–Kier alpha value is -2.68. The lowest BCUT2D eigenvalue weighted by molar-refractivity contribution is -0.147. The van der Waals surface area contributed by atoms with Crippen molar-refractivity contribution in [3.05, 3.63) is 54.6 Å². The molecule has 8 nitrogen and oxygen atoms in total. The number of carbonyl (C=O) groups is 3. The van der Waals surface area contributed by atoms with Gasteiger partial charge in [0.2, 0.25) is 11.8 Å². The van der Waals surface area contributed by atoms with Gasteiger partial charge in [-0.25, -0.2) is 0 Å². The molecule has 3 saturated heterocycles. The van der Waals surface area contributed by atoms with Gasteiger partial charge in [0, 0.05) is 30.3 Å². The standard InChI is InChI=1S/C31H42ClN3O5/c1-6-15-33(16-7-2)28(37)25-24-13-14-31(40-24)26(25)29(38)35(23(19-36)18-20(4)5)27(31)30(39)34(17-8-3)22-11-9-21(32)10-12-22/h6,8-12,20,23-27,36H,1,3,7,13-19H2,2,4-5H3/t23-,24-,25+,26+,27?,31?/m1/s1. The first-order chi connectivity index (χ1) is 19.1. The summed E-state index contributed by atoms with van der Waals surface area (Å²) in [5.74, 6) is -2.05. The molecule has 40 heavy (non-hydrogen) atoms. The molecular formula is C31H42ClN3O5. The van der Waals surface area contributed by atoms with Gasteiger partial charge in [-0.1, -0.05) is 44.5 Å². The Morgan fingerprint density at radius 2 is 1.88 bits per heavy atom. The molecule has 1 N–H and O–H groups in total. The van der Waals surface area contributed by atoms with Crippen molar-refractivity contribution in [3.8, 4) is 0 Å². The van der Waals surface area contributed by atoms with E-state index in [1.165, 1.54) is 0 Å². The van der Waals surface area contributed by atoms with Crippen LogP contribution in [0.2, 0.25) is 5.02 Å². The number of rotatable bonds is 13. The van der Waals surface area contributed by atoms with Gasteiger partial charge < -0.3 is 24.5 Å². The van der Waals surface area contributed by atoms with Crippen molar-refractivity contribution in [1.82, 2.24) is 9.80 Å². The van der Waals surface area contributed by atoms with Crippen molar-refractivity contribution < 1.29 is 24.2 Å². The van der Waals surface area contributed by atoms with E-state index in [0.29, 0.717) is 43.1 Å². The van der Waals surface area contributed by atoms with Crippen LogP contribution in [0.15, 0.2) is 49.6 Å². The molecule has 0 saturated carbocycles. The van der Waals surface area contributed by atoms with Gasteiger partial charge >= 0.3 is 0 Å². The fraction of sp³-hybridized carbons (Fsp3) is 0.581. The highest BCUT2D eigenvalue weighted by Crippen LogP contribution is 2.59. The summed E-state index contributed by atoms with van der Waals surface area (Å²) in [6.07, 6.45) is 5.24. The second kappa shape index (κ2) is 12.5. The summed E-state index contributed by atoms with van der Waals surface area (Å²) in [5.41, 5.74) is -0.534. The van der Waals surface area contributed by atoms with Crippen LogP contribution >= 0.6 is 11.6 Å². The number of likely N-dealkylation sites (tertiary alicyclic amines) is 1. The molecule has 218 valence electrons. The number of anilines is 1. The molecule has 3 aliphatic heterocycles. The minimum absolute atomic E-state index is 0.134. The molecule has 3 aliphatic rings. The topological polar surface area (TPSA) is 90.4 Å². The second-order valence-corrected chi connectivity index (χ2v) is 12.0. The third kappa shape index (κ3) is 5.21. The second-order valence-electron chi connectivity index (χ2n) is 11.6. The van der Waals surface area contributed by atoms with Crippen molar-refractivity contribution in [2.45, 2.75) is 70.2 Å². The molecule has 0 aliphatic carbocycles. The lowest BCUT2D eigenvalue weighted by atomic mass is 9.70. The smallest absolute Gasteiger partial charge is 0.253 e. The molecule has 1 aromatic carbocycles. The lowest BCUT2D eigenvalue weighted by Crippen LogP contribution is -2.59. The predicted octanol–water partition coefficient (Wildman–Crippen LogP) is 4.07. The highest BCUT2D eigenvalue weighted by molar-refractivity contribution is 6.30. The minimum atomic E-state index is -1.15. The third-order valence-electron chi connectivity index (χ3n) is 8.48. The van der Waals surface area contributed by atoms with Crippen LogP contribution in [0.1, 0.15) is 46.5 Å². The van der Waals surface area contributed by atoms with Crippen molar-refractivity contribution in [3.63, 3.8) is 0 Å². The van der Waals surface area contributed by atoms with E-state index >= 15 is 0 Å². The summed E-state index contributed by atoms with van der Waals surface area (Å²) in [5, 5.41) is 11.0. The van der Waals surface area contributed by atoms with E-state index in [1.807, 2.05) is 20.8 Å². The lowest BCUT2D eigenvalue weighted by Gasteiger charge is -2.39. The number of aliphatic hydroxyl groups is 1. The molecule has 0 aromatic heterocycles. The van der Waals surface area contributed by atoms with Crippen LogP contribution in [-0.4, -0.2) is 82.7 Å². The van der Waals surface area contributed by atoms with Gasteiger partial charge in [0.25, 0.3) is 5.91 Å². The first kappa shape index (κ1) is 30.3. The Bertz CT molecular complexity index is 1120. The molecule has 6 atom stereocenters. The molecule has 1 spiro atoms. The molecule has 2 bridgehead atoms. The van der Waals surface area contributed by atoms with E-state index in [9.17, 15) is 19.5 Å². The van der Waals surface area contributed by atoms with Crippen LogP contribution in [0.25, 0.3) is 0 Å². The van der Waals surface area contributed by atoms with Gasteiger partial charge in [-0.15, -0.1) is 13.2 Å². The highest BCUT2D eigenvalue weighted by Gasteiger charge is 2.75. The van der Waals surface area contributed by atoms with E-state index in [0.717, 1.165) is 6.42 Å². The predicted molar refractivity (Wildman–Crippen MR) is 156 cm³/mol. The summed E-state index contributed by atoms with van der Waals surface area (Å²) in [6, 6.07) is 5.36. The van der Waals surface area contributed by atoms with E-state index < -0.39 is 35.6 Å². The third-order valence-corrected chi connectivity index (χ3v) is 8.73. The van der Waals surface area contributed by atoms with E-state index in [1.54, 1.807) is 51.1 Å². The Labute approximate surface area is 242 Å². The van der Waals surface area contributed by atoms with Crippen LogP contribution in [0.4, 0.5) is 5.69 Å². The van der Waals surface area contributed by atoms with Crippen molar-refractivity contribution in [1.29, 1.82) is 0 Å². The van der Waals surface area contributed by atoms with E-state index in [4.69, 9.17) is 16.3 Å². The van der Waals surface area contributed by atoms with Crippen molar-refractivity contribution in [2.75, 3.05) is 31.1 Å². The maximum Gasteiger partial charge on any atom is 0.253 e. The average Bonchev–Trinajstić information content (AvgIpc) is 3.57. The molecule has 3 heterocycles. The number of halogens is 1. The van der Waals surface area contributed by atoms with Gasteiger partial charge in [0.1, 0.15) is 11.6 Å². The highest BCUT2D eigenvalue weighted by atomic mass is 35.5. The SMILES string of the molecule is C=CCN(CCC)C(=O)[C@@H]1[C@H]2C(=O)N([C@@H](CO)CC(C)C)C(C(=O)N(CC=C)c3ccc(Cl)cc3)C23CC[C@H]1O3. The van der Waals surface area contributed by atoms with Gasteiger partial charge in [0.15, 0.2) is 0 Å². The number of carbonyl (C=O) groups excluding carboxylic acids is 3. The van der Waals surface area contributed by atoms with Crippen molar-refractivity contribution >= 4 is 35.0 Å². The van der Waals surface area contributed by atoms with Crippen molar-refractivity contribution in [2.24, 2.45) is 17.8 Å². The molecule has 3 fully saturated rings. The molecule has 2 unspecified atom stereocenters. The number of benzene rings is 1. The number of nitrogens with zero attached hydrogens (tertiary/aromatic N) is 3. The normalized spacial score (nSPS) is 27.6. The maximum atomic E-state index is 14.6. The summed E-state index contributed by atoms with van der Waals surface area (Å²) in [6.45, 7) is 14.5. The molecule has 0 radical (unpaired) electrons.